The predicted octanol–water partition coefficient (Wildman–Crippen LogP) is 2.93. The largest absolute Gasteiger partial charge is 0.464 e. The van der Waals surface area contributed by atoms with E-state index in [1.807, 2.05) is 0 Å². The van der Waals surface area contributed by atoms with Gasteiger partial charge < -0.3 is 9.47 Å². The topological polar surface area (TPSA) is 100 Å². The molecule has 1 aromatic carbocycles. The minimum absolute atomic E-state index is 0.0245. The van der Waals surface area contributed by atoms with Crippen LogP contribution in [0, 0.1) is 17.0 Å². The van der Waals surface area contributed by atoms with Crippen molar-refractivity contribution < 1.29 is 14.4 Å². The summed E-state index contributed by atoms with van der Waals surface area (Å²) in [6.07, 6.45) is 0. The minimum atomic E-state index is -0.482. The zero-order valence-corrected chi connectivity index (χ0v) is 12.0. The molecule has 0 N–H and O–H groups in total. The summed E-state index contributed by atoms with van der Waals surface area (Å²) < 4.78 is 10.6. The third-order valence-corrected chi connectivity index (χ3v) is 2.58. The van der Waals surface area contributed by atoms with Gasteiger partial charge in [-0.05, 0) is 37.1 Å². The molecule has 9 heteroatoms. The fourth-order valence-electron chi connectivity index (χ4n) is 1.51. The molecule has 2 aromatic rings. The lowest BCUT2D eigenvalue weighted by Crippen LogP contribution is -2.02. The van der Waals surface area contributed by atoms with Crippen molar-refractivity contribution in [1.29, 1.82) is 0 Å². The van der Waals surface area contributed by atoms with Crippen LogP contribution in [0.3, 0.4) is 0 Å². The summed E-state index contributed by atoms with van der Waals surface area (Å²) in [5, 5.41) is 10.6. The molecular formula is C12H11ClN4O4. The molecule has 8 nitrogen and oxygen atoms in total. The maximum absolute atomic E-state index is 10.7. The molecule has 0 saturated carbocycles. The van der Waals surface area contributed by atoms with E-state index in [1.165, 1.54) is 18.2 Å². The summed E-state index contributed by atoms with van der Waals surface area (Å²) in [6.45, 7) is 3.82. The number of nitro groups is 1. The first-order chi connectivity index (χ1) is 9.99. The highest BCUT2D eigenvalue weighted by atomic mass is 35.5. The van der Waals surface area contributed by atoms with Crippen molar-refractivity contribution in [3.05, 3.63) is 39.2 Å². The van der Waals surface area contributed by atoms with E-state index in [2.05, 4.69) is 15.0 Å². The van der Waals surface area contributed by atoms with E-state index in [0.29, 0.717) is 17.9 Å². The maximum Gasteiger partial charge on any atom is 0.329 e. The minimum Gasteiger partial charge on any atom is -0.464 e. The first-order valence-corrected chi connectivity index (χ1v) is 6.34. The number of ether oxygens (including phenoxy) is 2. The number of rotatable bonds is 5. The molecule has 110 valence electrons. The average Bonchev–Trinajstić information content (AvgIpc) is 2.40. The van der Waals surface area contributed by atoms with Crippen LogP contribution < -0.4 is 9.47 Å². The van der Waals surface area contributed by atoms with Gasteiger partial charge in [0.2, 0.25) is 5.28 Å². The van der Waals surface area contributed by atoms with Crippen LogP contribution in [0.25, 0.3) is 0 Å². The summed E-state index contributed by atoms with van der Waals surface area (Å²) in [4.78, 5) is 21.7. The van der Waals surface area contributed by atoms with Gasteiger partial charge in [0.15, 0.2) is 0 Å². The van der Waals surface area contributed by atoms with Crippen LogP contribution >= 0.6 is 11.6 Å². The van der Waals surface area contributed by atoms with Crippen LogP contribution in [0.1, 0.15) is 12.5 Å². The van der Waals surface area contributed by atoms with Crippen LogP contribution in [-0.2, 0) is 0 Å². The predicted molar refractivity (Wildman–Crippen MR) is 73.9 cm³/mol. The van der Waals surface area contributed by atoms with E-state index < -0.39 is 4.92 Å². The lowest BCUT2D eigenvalue weighted by atomic mass is 10.2. The van der Waals surface area contributed by atoms with Gasteiger partial charge in [-0.15, -0.1) is 4.98 Å². The second kappa shape index (κ2) is 6.31. The van der Waals surface area contributed by atoms with Crippen LogP contribution in [0.15, 0.2) is 18.2 Å². The standard InChI is InChI=1S/C12H11ClN4O4/c1-3-20-11-14-10(13)15-12(16-11)21-9-5-4-8(17(18)19)6-7(9)2/h4-6H,3H2,1-2H3. The van der Waals surface area contributed by atoms with Crippen molar-refractivity contribution in [3.63, 3.8) is 0 Å². The molecule has 0 saturated heterocycles. The number of nitrogens with zero attached hydrogens (tertiary/aromatic N) is 4. The van der Waals surface area contributed by atoms with E-state index in [0.717, 1.165) is 0 Å². The van der Waals surface area contributed by atoms with Gasteiger partial charge in [0.25, 0.3) is 5.69 Å². The second-order valence-electron chi connectivity index (χ2n) is 3.91. The molecule has 0 radical (unpaired) electrons. The first kappa shape index (κ1) is 14.9. The smallest absolute Gasteiger partial charge is 0.329 e. The molecule has 0 bridgehead atoms. The molecule has 0 aliphatic heterocycles. The van der Waals surface area contributed by atoms with Crippen LogP contribution in [0.2, 0.25) is 5.28 Å². The summed E-state index contributed by atoms with van der Waals surface area (Å²) in [5.74, 6) is 0.380. The Kier molecular flexibility index (Phi) is 4.49. The van der Waals surface area contributed by atoms with Gasteiger partial charge in [-0.2, -0.15) is 9.97 Å². The molecule has 1 heterocycles. The zero-order valence-electron chi connectivity index (χ0n) is 11.2. The average molecular weight is 311 g/mol. The first-order valence-electron chi connectivity index (χ1n) is 5.97. The van der Waals surface area contributed by atoms with Crippen molar-refractivity contribution in [2.75, 3.05) is 6.61 Å². The molecule has 0 atom stereocenters. The number of hydrogen-bond acceptors (Lipinski definition) is 7. The normalized spacial score (nSPS) is 10.2. The molecule has 21 heavy (non-hydrogen) atoms. The fourth-order valence-corrected chi connectivity index (χ4v) is 1.66. The highest BCUT2D eigenvalue weighted by Gasteiger charge is 2.12. The van der Waals surface area contributed by atoms with Gasteiger partial charge >= 0.3 is 12.0 Å². The monoisotopic (exact) mass is 310 g/mol. The molecule has 1 aromatic heterocycles. The van der Waals surface area contributed by atoms with Crippen molar-refractivity contribution >= 4 is 17.3 Å². The Bertz CT molecular complexity index is 680. The molecule has 0 amide bonds. The van der Waals surface area contributed by atoms with Gasteiger partial charge in [-0.1, -0.05) is 0 Å². The third kappa shape index (κ3) is 3.76. The van der Waals surface area contributed by atoms with E-state index in [4.69, 9.17) is 21.1 Å². The Morgan fingerprint density at radius 3 is 2.62 bits per heavy atom. The Labute approximate surface area is 124 Å². The van der Waals surface area contributed by atoms with Crippen molar-refractivity contribution in [1.82, 2.24) is 15.0 Å². The molecule has 0 fully saturated rings. The van der Waals surface area contributed by atoms with Crippen molar-refractivity contribution in [2.24, 2.45) is 0 Å². The quantitative estimate of drug-likeness (QED) is 0.618. The Balaban J connectivity index is 2.27. The number of halogens is 1. The van der Waals surface area contributed by atoms with Gasteiger partial charge in [0, 0.05) is 12.1 Å². The summed E-state index contributed by atoms with van der Waals surface area (Å²) >= 11 is 5.75. The van der Waals surface area contributed by atoms with Gasteiger partial charge in [-0.3, -0.25) is 10.1 Å². The van der Waals surface area contributed by atoms with Crippen LogP contribution in [0.5, 0.6) is 17.8 Å². The molecule has 0 spiro atoms. The molecule has 0 unspecified atom stereocenters. The van der Waals surface area contributed by atoms with Gasteiger partial charge in [-0.25, -0.2) is 0 Å². The molecule has 0 aliphatic carbocycles. The highest BCUT2D eigenvalue weighted by Crippen LogP contribution is 2.27. The number of aromatic nitrogens is 3. The zero-order chi connectivity index (χ0) is 15.4. The highest BCUT2D eigenvalue weighted by molar-refractivity contribution is 6.28. The summed E-state index contributed by atoms with van der Waals surface area (Å²) in [7, 11) is 0. The Hall–Kier alpha value is -2.48. The van der Waals surface area contributed by atoms with Crippen LogP contribution in [0.4, 0.5) is 5.69 Å². The summed E-state index contributed by atoms with van der Waals surface area (Å²) in [5.41, 5.74) is 0.544. The van der Waals surface area contributed by atoms with Gasteiger partial charge in [0.05, 0.1) is 11.5 Å². The number of benzene rings is 1. The van der Waals surface area contributed by atoms with Crippen LogP contribution in [-0.4, -0.2) is 26.5 Å². The lowest BCUT2D eigenvalue weighted by Gasteiger charge is -2.08. The number of aryl methyl sites for hydroxylation is 1. The third-order valence-electron chi connectivity index (χ3n) is 2.41. The molecule has 2 rings (SSSR count). The SMILES string of the molecule is CCOc1nc(Cl)nc(Oc2ccc([N+](=O)[O-])cc2C)n1. The number of non-ortho nitro benzene ring substituents is 1. The second-order valence-corrected chi connectivity index (χ2v) is 4.25. The van der Waals surface area contributed by atoms with Crippen molar-refractivity contribution in [3.8, 4) is 17.8 Å². The van der Waals surface area contributed by atoms with E-state index in [-0.39, 0.29) is 23.0 Å². The fraction of sp³-hybridized carbons (Fsp3) is 0.250. The number of hydrogen-bond donors (Lipinski definition) is 0. The summed E-state index contributed by atoms with van der Waals surface area (Å²) in [6, 6.07) is 4.18. The molecule has 0 aliphatic rings. The number of nitro benzene ring substituents is 1. The van der Waals surface area contributed by atoms with Crippen molar-refractivity contribution in [2.45, 2.75) is 13.8 Å². The maximum atomic E-state index is 10.7. The van der Waals surface area contributed by atoms with E-state index in [9.17, 15) is 10.1 Å². The van der Waals surface area contributed by atoms with Gasteiger partial charge in [0.1, 0.15) is 5.75 Å². The van der Waals surface area contributed by atoms with E-state index >= 15 is 0 Å². The lowest BCUT2D eigenvalue weighted by molar-refractivity contribution is -0.384. The molecular weight excluding hydrogens is 300 g/mol. The van der Waals surface area contributed by atoms with E-state index in [1.54, 1.807) is 13.8 Å². The Morgan fingerprint density at radius 1 is 1.29 bits per heavy atom. The Morgan fingerprint density at radius 2 is 2.00 bits per heavy atom.